The van der Waals surface area contributed by atoms with Crippen molar-refractivity contribution in [1.29, 1.82) is 0 Å². The van der Waals surface area contributed by atoms with Gasteiger partial charge in [0.25, 0.3) is 0 Å². The molecule has 0 aromatic heterocycles. The summed E-state index contributed by atoms with van der Waals surface area (Å²) in [5, 5.41) is 2.98. The van der Waals surface area contributed by atoms with E-state index >= 15 is 0 Å². The maximum atomic E-state index is 11.9. The van der Waals surface area contributed by atoms with E-state index in [0.717, 1.165) is 48.0 Å². The zero-order valence-corrected chi connectivity index (χ0v) is 12.1. The number of nitrogens with one attached hydrogen (secondary N) is 1. The predicted octanol–water partition coefficient (Wildman–Crippen LogP) is 2.92. The average Bonchev–Trinajstić information content (AvgIpc) is 2.58. The van der Waals surface area contributed by atoms with Crippen LogP contribution in [0.2, 0.25) is 0 Å². The topological polar surface area (TPSA) is 38.3 Å². The second kappa shape index (κ2) is 6.23. The van der Waals surface area contributed by atoms with E-state index in [1.165, 1.54) is 0 Å². The van der Waals surface area contributed by atoms with Gasteiger partial charge >= 0.3 is 0 Å². The van der Waals surface area contributed by atoms with Crippen LogP contribution in [0.25, 0.3) is 0 Å². The number of hydrogen-bond acceptors (Lipinski definition) is 2. The van der Waals surface area contributed by atoms with E-state index < -0.39 is 0 Å². The van der Waals surface area contributed by atoms with Gasteiger partial charge in [0.2, 0.25) is 5.91 Å². The van der Waals surface area contributed by atoms with Crippen LogP contribution < -0.4 is 10.1 Å². The van der Waals surface area contributed by atoms with E-state index in [1.54, 1.807) is 7.11 Å². The van der Waals surface area contributed by atoms with Gasteiger partial charge in [0.05, 0.1) is 7.11 Å². The number of halogens is 1. The Bertz CT molecular complexity index is 434. The Morgan fingerprint density at radius 1 is 1.44 bits per heavy atom. The van der Waals surface area contributed by atoms with Crippen molar-refractivity contribution in [3.8, 4) is 5.75 Å². The lowest BCUT2D eigenvalue weighted by molar-refractivity contribution is -0.124. The monoisotopic (exact) mass is 311 g/mol. The predicted molar refractivity (Wildman–Crippen MR) is 74.7 cm³/mol. The van der Waals surface area contributed by atoms with Crippen LogP contribution >= 0.6 is 15.9 Å². The lowest BCUT2D eigenvalue weighted by atomic mass is 9.94. The highest BCUT2D eigenvalue weighted by molar-refractivity contribution is 9.10. The van der Waals surface area contributed by atoms with Crippen LogP contribution in [0.3, 0.4) is 0 Å². The highest BCUT2D eigenvalue weighted by Gasteiger charge is 2.21. The number of hydrogen-bond donors (Lipinski definition) is 1. The standard InChI is InChI=1S/C14H18BrNO2/c1-18-12-5-6-13(15)11(9-12)8-10-4-2-3-7-16-14(10)17/h5-6,9-10H,2-4,7-8H2,1H3,(H,16,17). The summed E-state index contributed by atoms with van der Waals surface area (Å²) in [6, 6.07) is 5.89. The van der Waals surface area contributed by atoms with Gasteiger partial charge in [0, 0.05) is 16.9 Å². The van der Waals surface area contributed by atoms with Crippen molar-refractivity contribution in [3.05, 3.63) is 28.2 Å². The largest absolute Gasteiger partial charge is 0.497 e. The first-order valence-corrected chi connectivity index (χ1v) is 7.10. The Labute approximate surface area is 116 Å². The third-order valence-electron chi connectivity index (χ3n) is 3.37. The first-order chi connectivity index (χ1) is 8.70. The molecule has 1 aliphatic rings. The summed E-state index contributed by atoms with van der Waals surface area (Å²) < 4.78 is 6.27. The molecule has 18 heavy (non-hydrogen) atoms. The summed E-state index contributed by atoms with van der Waals surface area (Å²) >= 11 is 3.54. The average molecular weight is 312 g/mol. The molecule has 1 amide bonds. The first kappa shape index (κ1) is 13.4. The Morgan fingerprint density at radius 2 is 2.28 bits per heavy atom. The highest BCUT2D eigenvalue weighted by atomic mass is 79.9. The van der Waals surface area contributed by atoms with Crippen molar-refractivity contribution in [2.45, 2.75) is 25.7 Å². The summed E-state index contributed by atoms with van der Waals surface area (Å²) in [6.07, 6.45) is 3.94. The first-order valence-electron chi connectivity index (χ1n) is 6.31. The van der Waals surface area contributed by atoms with E-state index in [2.05, 4.69) is 21.2 Å². The van der Waals surface area contributed by atoms with Crippen LogP contribution in [0.1, 0.15) is 24.8 Å². The van der Waals surface area contributed by atoms with Gasteiger partial charge in [-0.3, -0.25) is 4.79 Å². The van der Waals surface area contributed by atoms with Gasteiger partial charge in [0.1, 0.15) is 5.75 Å². The van der Waals surface area contributed by atoms with Crippen molar-refractivity contribution in [3.63, 3.8) is 0 Å². The van der Waals surface area contributed by atoms with Gasteiger partial charge in [-0.15, -0.1) is 0 Å². The van der Waals surface area contributed by atoms with Crippen molar-refractivity contribution >= 4 is 21.8 Å². The quantitative estimate of drug-likeness (QED) is 0.932. The van der Waals surface area contributed by atoms with Gasteiger partial charge in [0.15, 0.2) is 0 Å². The van der Waals surface area contributed by atoms with Gasteiger partial charge < -0.3 is 10.1 Å². The van der Waals surface area contributed by atoms with Gasteiger partial charge in [-0.25, -0.2) is 0 Å². The normalized spacial score (nSPS) is 20.1. The molecule has 0 saturated carbocycles. The Morgan fingerprint density at radius 3 is 3.06 bits per heavy atom. The van der Waals surface area contributed by atoms with E-state index in [0.29, 0.717) is 0 Å². The van der Waals surface area contributed by atoms with Crippen LogP contribution in [0, 0.1) is 5.92 Å². The third kappa shape index (κ3) is 3.25. The van der Waals surface area contributed by atoms with Crippen LogP contribution in [-0.4, -0.2) is 19.6 Å². The fourth-order valence-corrected chi connectivity index (χ4v) is 2.71. The van der Waals surface area contributed by atoms with E-state index in [9.17, 15) is 4.79 Å². The van der Waals surface area contributed by atoms with Crippen molar-refractivity contribution < 1.29 is 9.53 Å². The Hall–Kier alpha value is -1.03. The number of benzene rings is 1. The number of carbonyl (C=O) groups excluding carboxylic acids is 1. The number of rotatable bonds is 3. The van der Waals surface area contributed by atoms with Crippen molar-refractivity contribution in [2.75, 3.05) is 13.7 Å². The molecule has 0 bridgehead atoms. The molecule has 1 aromatic rings. The van der Waals surface area contributed by atoms with Gasteiger partial charge in [-0.1, -0.05) is 22.4 Å². The SMILES string of the molecule is COc1ccc(Br)c(CC2CCCCNC2=O)c1. The third-order valence-corrected chi connectivity index (χ3v) is 4.14. The number of methoxy groups -OCH3 is 1. The van der Waals surface area contributed by atoms with Crippen LogP contribution in [0.4, 0.5) is 0 Å². The number of ether oxygens (including phenoxy) is 1. The smallest absolute Gasteiger partial charge is 0.223 e. The van der Waals surface area contributed by atoms with Gasteiger partial charge in [-0.2, -0.15) is 0 Å². The molecule has 4 heteroatoms. The molecule has 2 rings (SSSR count). The molecule has 1 heterocycles. The summed E-state index contributed by atoms with van der Waals surface area (Å²) in [6.45, 7) is 0.814. The lowest BCUT2D eigenvalue weighted by Crippen LogP contribution is -2.30. The Balaban J connectivity index is 2.14. The van der Waals surface area contributed by atoms with Gasteiger partial charge in [-0.05, 0) is 43.0 Å². The van der Waals surface area contributed by atoms with Crippen LogP contribution in [-0.2, 0) is 11.2 Å². The summed E-state index contributed by atoms with van der Waals surface area (Å²) in [5.41, 5.74) is 1.14. The minimum Gasteiger partial charge on any atom is -0.497 e. The summed E-state index contributed by atoms with van der Waals surface area (Å²) in [4.78, 5) is 11.9. The molecule has 1 aromatic carbocycles. The van der Waals surface area contributed by atoms with Crippen LogP contribution in [0.5, 0.6) is 5.75 Å². The summed E-state index contributed by atoms with van der Waals surface area (Å²) in [7, 11) is 1.66. The van der Waals surface area contributed by atoms with E-state index in [4.69, 9.17) is 4.74 Å². The highest BCUT2D eigenvalue weighted by Crippen LogP contribution is 2.27. The molecule has 0 spiro atoms. The second-order valence-electron chi connectivity index (χ2n) is 4.65. The molecular weight excluding hydrogens is 294 g/mol. The lowest BCUT2D eigenvalue weighted by Gasteiger charge is -2.14. The zero-order valence-electron chi connectivity index (χ0n) is 10.5. The fourth-order valence-electron chi connectivity index (χ4n) is 2.30. The molecule has 0 radical (unpaired) electrons. The van der Waals surface area contributed by atoms with E-state index in [-0.39, 0.29) is 11.8 Å². The molecule has 1 N–H and O–H groups in total. The molecule has 1 unspecified atom stereocenters. The molecule has 1 fully saturated rings. The van der Waals surface area contributed by atoms with Crippen molar-refractivity contribution in [2.24, 2.45) is 5.92 Å². The minimum atomic E-state index is 0.0795. The second-order valence-corrected chi connectivity index (χ2v) is 5.50. The molecule has 98 valence electrons. The molecule has 1 atom stereocenters. The number of carbonyl (C=O) groups is 1. The molecular formula is C14H18BrNO2. The molecule has 1 saturated heterocycles. The number of amides is 1. The molecule has 1 aliphatic heterocycles. The zero-order chi connectivity index (χ0) is 13.0. The van der Waals surface area contributed by atoms with E-state index in [1.807, 2.05) is 18.2 Å². The van der Waals surface area contributed by atoms with Crippen LogP contribution in [0.15, 0.2) is 22.7 Å². The maximum Gasteiger partial charge on any atom is 0.223 e. The maximum absolute atomic E-state index is 11.9. The fraction of sp³-hybridized carbons (Fsp3) is 0.500. The Kier molecular flexibility index (Phi) is 4.64. The minimum absolute atomic E-state index is 0.0795. The van der Waals surface area contributed by atoms with Crippen molar-refractivity contribution in [1.82, 2.24) is 5.32 Å². The molecule has 3 nitrogen and oxygen atoms in total. The summed E-state index contributed by atoms with van der Waals surface area (Å²) in [5.74, 6) is 1.10. The molecule has 0 aliphatic carbocycles.